The molecule has 1 heterocycles. The van der Waals surface area contributed by atoms with Gasteiger partial charge in [0, 0.05) is 32.7 Å². The van der Waals surface area contributed by atoms with E-state index in [0.717, 1.165) is 26.1 Å². The van der Waals surface area contributed by atoms with Crippen molar-refractivity contribution >= 4 is 12.0 Å². The van der Waals surface area contributed by atoms with E-state index in [1.165, 1.54) is 0 Å². The molecule has 0 aromatic rings. The Balaban J connectivity index is 2.40. The molecule has 1 rings (SSSR count). The Morgan fingerprint density at radius 2 is 1.80 bits per heavy atom. The number of aliphatic carboxylic acids is 1. The van der Waals surface area contributed by atoms with E-state index >= 15 is 0 Å². The van der Waals surface area contributed by atoms with Crippen LogP contribution in [0.2, 0.25) is 0 Å². The molecule has 1 aliphatic rings. The van der Waals surface area contributed by atoms with E-state index in [2.05, 4.69) is 24.1 Å². The van der Waals surface area contributed by atoms with Gasteiger partial charge in [-0.3, -0.25) is 4.90 Å². The van der Waals surface area contributed by atoms with Crippen molar-refractivity contribution in [3.8, 4) is 0 Å². The van der Waals surface area contributed by atoms with Gasteiger partial charge in [-0.15, -0.1) is 0 Å². The zero-order chi connectivity index (χ0) is 15.1. The highest BCUT2D eigenvalue weighted by Gasteiger charge is 2.25. The largest absolute Gasteiger partial charge is 0.480 e. The average Bonchev–Trinajstić information content (AvgIpc) is 2.38. The maximum Gasteiger partial charge on any atom is 0.326 e. The molecule has 2 amide bonds. The summed E-state index contributed by atoms with van der Waals surface area (Å²) < 4.78 is 0. The molecule has 0 spiro atoms. The Bertz CT molecular complexity index is 326. The standard InChI is InChI=1S/C14H27N3O3/c1-4-5-12(13(18)19)15-14(20)17-8-6-16(7-9-17)10-11(2)3/h11-12H,4-10H2,1-3H3,(H,15,20)(H,18,19)/t12-/m1/s1. The minimum Gasteiger partial charge on any atom is -0.480 e. The van der Waals surface area contributed by atoms with Gasteiger partial charge in [-0.05, 0) is 12.3 Å². The molecule has 1 atom stereocenters. The summed E-state index contributed by atoms with van der Waals surface area (Å²) in [7, 11) is 0. The summed E-state index contributed by atoms with van der Waals surface area (Å²) in [5, 5.41) is 11.7. The van der Waals surface area contributed by atoms with Crippen LogP contribution in [0, 0.1) is 5.92 Å². The molecule has 6 nitrogen and oxygen atoms in total. The Labute approximate surface area is 121 Å². The smallest absolute Gasteiger partial charge is 0.326 e. The number of nitrogens with zero attached hydrogens (tertiary/aromatic N) is 2. The van der Waals surface area contributed by atoms with Crippen LogP contribution in [-0.2, 0) is 4.79 Å². The summed E-state index contributed by atoms with van der Waals surface area (Å²) in [5.41, 5.74) is 0. The molecule has 0 bridgehead atoms. The van der Waals surface area contributed by atoms with Crippen LogP contribution in [0.3, 0.4) is 0 Å². The van der Waals surface area contributed by atoms with Crippen molar-refractivity contribution in [2.75, 3.05) is 32.7 Å². The zero-order valence-corrected chi connectivity index (χ0v) is 12.8. The lowest BCUT2D eigenvalue weighted by Crippen LogP contribution is -2.54. The van der Waals surface area contributed by atoms with E-state index in [1.54, 1.807) is 4.90 Å². The number of rotatable bonds is 6. The molecule has 0 aliphatic carbocycles. The number of carbonyl (C=O) groups excluding carboxylic acids is 1. The van der Waals surface area contributed by atoms with E-state index < -0.39 is 12.0 Å². The van der Waals surface area contributed by atoms with Crippen molar-refractivity contribution in [3.63, 3.8) is 0 Å². The Morgan fingerprint density at radius 3 is 2.25 bits per heavy atom. The minimum atomic E-state index is -0.960. The van der Waals surface area contributed by atoms with E-state index in [9.17, 15) is 9.59 Å². The Morgan fingerprint density at radius 1 is 1.20 bits per heavy atom. The molecular weight excluding hydrogens is 258 g/mol. The summed E-state index contributed by atoms with van der Waals surface area (Å²) >= 11 is 0. The first-order valence-electron chi connectivity index (χ1n) is 7.44. The van der Waals surface area contributed by atoms with Crippen molar-refractivity contribution in [1.82, 2.24) is 15.1 Å². The monoisotopic (exact) mass is 285 g/mol. The van der Waals surface area contributed by atoms with Crippen LogP contribution in [-0.4, -0.2) is 65.7 Å². The average molecular weight is 285 g/mol. The van der Waals surface area contributed by atoms with Crippen LogP contribution in [0.1, 0.15) is 33.6 Å². The fourth-order valence-electron chi connectivity index (χ4n) is 2.44. The summed E-state index contributed by atoms with van der Waals surface area (Å²) in [6.45, 7) is 10.4. The van der Waals surface area contributed by atoms with Crippen LogP contribution in [0.4, 0.5) is 4.79 Å². The lowest BCUT2D eigenvalue weighted by molar-refractivity contribution is -0.139. The lowest BCUT2D eigenvalue weighted by Gasteiger charge is -2.35. The molecule has 116 valence electrons. The molecule has 2 N–H and O–H groups in total. The highest BCUT2D eigenvalue weighted by atomic mass is 16.4. The molecule has 1 fully saturated rings. The predicted molar refractivity (Wildman–Crippen MR) is 77.7 cm³/mol. The number of carbonyl (C=O) groups is 2. The van der Waals surface area contributed by atoms with Crippen molar-refractivity contribution < 1.29 is 14.7 Å². The second kappa shape index (κ2) is 8.09. The quantitative estimate of drug-likeness (QED) is 0.769. The molecule has 0 saturated carbocycles. The highest BCUT2D eigenvalue weighted by molar-refractivity contribution is 5.82. The lowest BCUT2D eigenvalue weighted by atomic mass is 10.1. The molecule has 0 aromatic heterocycles. The maximum absolute atomic E-state index is 12.0. The van der Waals surface area contributed by atoms with Crippen LogP contribution in [0.15, 0.2) is 0 Å². The topological polar surface area (TPSA) is 72.9 Å². The summed E-state index contributed by atoms with van der Waals surface area (Å²) in [5.74, 6) is -0.338. The van der Waals surface area contributed by atoms with Gasteiger partial charge in [-0.2, -0.15) is 0 Å². The first kappa shape index (κ1) is 16.8. The molecular formula is C14H27N3O3. The number of carboxylic acids is 1. The van der Waals surface area contributed by atoms with E-state index in [-0.39, 0.29) is 6.03 Å². The summed E-state index contributed by atoms with van der Waals surface area (Å²) in [4.78, 5) is 27.1. The third kappa shape index (κ3) is 5.36. The SMILES string of the molecule is CCC[C@@H](NC(=O)N1CCN(CC(C)C)CC1)C(=O)O. The molecule has 0 aromatic carbocycles. The van der Waals surface area contributed by atoms with Crippen LogP contribution < -0.4 is 5.32 Å². The molecule has 20 heavy (non-hydrogen) atoms. The van der Waals surface area contributed by atoms with E-state index in [0.29, 0.717) is 25.4 Å². The summed E-state index contributed by atoms with van der Waals surface area (Å²) in [6.07, 6.45) is 1.20. The van der Waals surface area contributed by atoms with Crippen LogP contribution in [0.5, 0.6) is 0 Å². The van der Waals surface area contributed by atoms with Gasteiger partial charge in [0.15, 0.2) is 0 Å². The zero-order valence-electron chi connectivity index (χ0n) is 12.8. The van der Waals surface area contributed by atoms with Crippen LogP contribution >= 0.6 is 0 Å². The molecule has 1 aliphatic heterocycles. The van der Waals surface area contributed by atoms with Gasteiger partial charge < -0.3 is 15.3 Å². The third-order valence-corrected chi connectivity index (χ3v) is 3.46. The minimum absolute atomic E-state index is 0.255. The van der Waals surface area contributed by atoms with Gasteiger partial charge in [0.1, 0.15) is 6.04 Å². The van der Waals surface area contributed by atoms with E-state index in [1.807, 2.05) is 6.92 Å². The van der Waals surface area contributed by atoms with Gasteiger partial charge in [0.25, 0.3) is 0 Å². The first-order valence-corrected chi connectivity index (χ1v) is 7.44. The molecule has 6 heteroatoms. The summed E-state index contributed by atoms with van der Waals surface area (Å²) in [6, 6.07) is -1.03. The normalized spacial score (nSPS) is 18.1. The fraction of sp³-hybridized carbons (Fsp3) is 0.857. The molecule has 1 saturated heterocycles. The number of urea groups is 1. The Hall–Kier alpha value is -1.30. The number of hydrogen-bond acceptors (Lipinski definition) is 3. The van der Waals surface area contributed by atoms with Crippen molar-refractivity contribution in [1.29, 1.82) is 0 Å². The van der Waals surface area contributed by atoms with Crippen molar-refractivity contribution in [3.05, 3.63) is 0 Å². The fourth-order valence-corrected chi connectivity index (χ4v) is 2.44. The third-order valence-electron chi connectivity index (χ3n) is 3.46. The predicted octanol–water partition coefficient (Wildman–Crippen LogP) is 1.22. The van der Waals surface area contributed by atoms with Gasteiger partial charge >= 0.3 is 12.0 Å². The number of piperazine rings is 1. The van der Waals surface area contributed by atoms with Crippen molar-refractivity contribution in [2.45, 2.75) is 39.7 Å². The Kier molecular flexibility index (Phi) is 6.78. The van der Waals surface area contributed by atoms with Gasteiger partial charge in [0.2, 0.25) is 0 Å². The van der Waals surface area contributed by atoms with E-state index in [4.69, 9.17) is 5.11 Å². The number of carboxylic acid groups (broad SMARTS) is 1. The molecule has 0 radical (unpaired) electrons. The van der Waals surface area contributed by atoms with Crippen molar-refractivity contribution in [2.24, 2.45) is 5.92 Å². The van der Waals surface area contributed by atoms with Gasteiger partial charge in [0.05, 0.1) is 0 Å². The van der Waals surface area contributed by atoms with Gasteiger partial charge in [-0.25, -0.2) is 9.59 Å². The first-order chi connectivity index (χ1) is 9.43. The number of amides is 2. The number of nitrogens with one attached hydrogen (secondary N) is 1. The van der Waals surface area contributed by atoms with Gasteiger partial charge in [-0.1, -0.05) is 27.2 Å². The molecule has 0 unspecified atom stereocenters. The van der Waals surface area contributed by atoms with Crippen LogP contribution in [0.25, 0.3) is 0 Å². The second-order valence-electron chi connectivity index (χ2n) is 5.81. The maximum atomic E-state index is 12.0. The number of hydrogen-bond donors (Lipinski definition) is 2. The highest BCUT2D eigenvalue weighted by Crippen LogP contribution is 2.06. The second-order valence-corrected chi connectivity index (χ2v) is 5.81.